The number of nitrogens with one attached hydrogen (secondary N) is 1. The van der Waals surface area contributed by atoms with E-state index in [-0.39, 0.29) is 6.04 Å². The third kappa shape index (κ3) is 2.54. The number of hydrogen-bond acceptors (Lipinski definition) is 5. The Balaban J connectivity index is 2.26. The zero-order valence-electron chi connectivity index (χ0n) is 10.1. The number of hydrogen-bond donors (Lipinski definition) is 2. The van der Waals surface area contributed by atoms with Crippen LogP contribution in [0.15, 0.2) is 17.9 Å². The summed E-state index contributed by atoms with van der Waals surface area (Å²) in [5, 5.41) is 4.32. The third-order valence-electron chi connectivity index (χ3n) is 2.65. The van der Waals surface area contributed by atoms with E-state index in [4.69, 9.17) is 5.84 Å². The number of nitrogens with zero attached hydrogens (tertiary/aromatic N) is 3. The first kappa shape index (κ1) is 12.2. The first-order valence-electron chi connectivity index (χ1n) is 5.64. The van der Waals surface area contributed by atoms with Gasteiger partial charge in [0.25, 0.3) is 0 Å². The van der Waals surface area contributed by atoms with E-state index in [9.17, 15) is 0 Å². The van der Waals surface area contributed by atoms with Crippen molar-refractivity contribution in [1.82, 2.24) is 20.2 Å². The quantitative estimate of drug-likeness (QED) is 0.626. The molecule has 5 nitrogen and oxygen atoms in total. The molecule has 92 valence electrons. The van der Waals surface area contributed by atoms with Crippen molar-refractivity contribution in [1.29, 1.82) is 0 Å². The summed E-state index contributed by atoms with van der Waals surface area (Å²) in [5.41, 5.74) is 6.76. The maximum Gasteiger partial charge on any atom is 0.0851 e. The molecule has 0 aliphatic carbocycles. The maximum absolute atomic E-state index is 5.64. The van der Waals surface area contributed by atoms with Crippen molar-refractivity contribution in [3.8, 4) is 0 Å². The summed E-state index contributed by atoms with van der Waals surface area (Å²) in [4.78, 5) is 5.39. The van der Waals surface area contributed by atoms with Gasteiger partial charge in [-0.25, -0.2) is 10.4 Å². The molecule has 0 amide bonds. The Morgan fingerprint density at radius 1 is 1.59 bits per heavy atom. The third-order valence-corrected chi connectivity index (χ3v) is 3.65. The van der Waals surface area contributed by atoms with Gasteiger partial charge >= 0.3 is 0 Å². The van der Waals surface area contributed by atoms with E-state index in [1.807, 2.05) is 29.5 Å². The number of nitrogens with two attached hydrogens (primary N) is 1. The van der Waals surface area contributed by atoms with Crippen molar-refractivity contribution < 1.29 is 0 Å². The minimum Gasteiger partial charge on any atom is -0.272 e. The molecule has 0 aliphatic heterocycles. The SMILES string of the molecule is CCCn1cc(C(NN)c2scnc2C)cn1. The van der Waals surface area contributed by atoms with Crippen LogP contribution in [0.25, 0.3) is 0 Å². The second kappa shape index (κ2) is 5.39. The van der Waals surface area contributed by atoms with Gasteiger partial charge in [-0.2, -0.15) is 5.10 Å². The fourth-order valence-corrected chi connectivity index (χ4v) is 2.68. The molecule has 0 fully saturated rings. The molecule has 0 bridgehead atoms. The summed E-state index contributed by atoms with van der Waals surface area (Å²) in [7, 11) is 0. The molecule has 1 atom stereocenters. The van der Waals surface area contributed by atoms with Crippen molar-refractivity contribution >= 4 is 11.3 Å². The van der Waals surface area contributed by atoms with Crippen LogP contribution in [0.4, 0.5) is 0 Å². The van der Waals surface area contributed by atoms with Gasteiger partial charge in [-0.3, -0.25) is 10.5 Å². The standard InChI is InChI=1S/C11H17N5S/c1-3-4-16-6-9(5-14-16)10(15-12)11-8(2)13-7-17-11/h5-7,10,15H,3-4,12H2,1-2H3. The van der Waals surface area contributed by atoms with Crippen LogP contribution in [0.5, 0.6) is 0 Å². The molecule has 0 spiro atoms. The van der Waals surface area contributed by atoms with Gasteiger partial charge in [0.15, 0.2) is 0 Å². The van der Waals surface area contributed by atoms with E-state index >= 15 is 0 Å². The average Bonchev–Trinajstić information content (AvgIpc) is 2.92. The Hall–Kier alpha value is -1.24. The van der Waals surface area contributed by atoms with Gasteiger partial charge in [0, 0.05) is 18.3 Å². The van der Waals surface area contributed by atoms with E-state index < -0.39 is 0 Å². The highest BCUT2D eigenvalue weighted by Gasteiger charge is 2.18. The van der Waals surface area contributed by atoms with Crippen molar-refractivity contribution in [2.45, 2.75) is 32.9 Å². The van der Waals surface area contributed by atoms with E-state index in [1.54, 1.807) is 11.3 Å². The summed E-state index contributed by atoms with van der Waals surface area (Å²) in [5.74, 6) is 5.64. The molecule has 1 unspecified atom stereocenters. The minimum atomic E-state index is -0.0203. The zero-order chi connectivity index (χ0) is 12.3. The molecule has 2 heterocycles. The van der Waals surface area contributed by atoms with Crippen LogP contribution in [0.2, 0.25) is 0 Å². The number of aromatic nitrogens is 3. The van der Waals surface area contributed by atoms with E-state index in [1.165, 1.54) is 0 Å². The van der Waals surface area contributed by atoms with Gasteiger partial charge < -0.3 is 0 Å². The van der Waals surface area contributed by atoms with E-state index in [0.717, 1.165) is 29.1 Å². The van der Waals surface area contributed by atoms with Gasteiger partial charge in [-0.1, -0.05) is 6.92 Å². The number of thiazole rings is 1. The monoisotopic (exact) mass is 251 g/mol. The Morgan fingerprint density at radius 2 is 2.41 bits per heavy atom. The highest BCUT2D eigenvalue weighted by molar-refractivity contribution is 7.09. The molecule has 17 heavy (non-hydrogen) atoms. The molecule has 0 radical (unpaired) electrons. The smallest absolute Gasteiger partial charge is 0.0851 e. The second-order valence-corrected chi connectivity index (χ2v) is 4.82. The van der Waals surface area contributed by atoms with Gasteiger partial charge in [-0.05, 0) is 13.3 Å². The normalized spacial score (nSPS) is 12.9. The lowest BCUT2D eigenvalue weighted by Gasteiger charge is -2.12. The lowest BCUT2D eigenvalue weighted by atomic mass is 10.1. The zero-order valence-corrected chi connectivity index (χ0v) is 10.9. The molecule has 3 N–H and O–H groups in total. The highest BCUT2D eigenvalue weighted by atomic mass is 32.1. The molecule has 0 aromatic carbocycles. The molecular formula is C11H17N5S. The topological polar surface area (TPSA) is 68.8 Å². The highest BCUT2D eigenvalue weighted by Crippen LogP contribution is 2.26. The maximum atomic E-state index is 5.64. The van der Waals surface area contributed by atoms with Crippen molar-refractivity contribution in [3.05, 3.63) is 34.0 Å². The summed E-state index contributed by atoms with van der Waals surface area (Å²) in [6, 6.07) is -0.0203. The van der Waals surface area contributed by atoms with Crippen molar-refractivity contribution in [2.24, 2.45) is 5.84 Å². The minimum absolute atomic E-state index is 0.0203. The van der Waals surface area contributed by atoms with Crippen LogP contribution >= 0.6 is 11.3 Å². The van der Waals surface area contributed by atoms with Gasteiger partial charge in [0.2, 0.25) is 0 Å². The van der Waals surface area contributed by atoms with Crippen LogP contribution < -0.4 is 11.3 Å². The molecular weight excluding hydrogens is 234 g/mol. The predicted molar refractivity (Wildman–Crippen MR) is 68.5 cm³/mol. The van der Waals surface area contributed by atoms with Crippen molar-refractivity contribution in [2.75, 3.05) is 0 Å². The van der Waals surface area contributed by atoms with Crippen LogP contribution in [-0.4, -0.2) is 14.8 Å². The summed E-state index contributed by atoms with van der Waals surface area (Å²) < 4.78 is 1.94. The molecule has 2 rings (SSSR count). The first-order chi connectivity index (χ1) is 8.26. The van der Waals surface area contributed by atoms with Crippen LogP contribution in [0, 0.1) is 6.92 Å². The number of aryl methyl sites for hydroxylation is 2. The summed E-state index contributed by atoms with van der Waals surface area (Å²) >= 11 is 1.61. The van der Waals surface area contributed by atoms with Crippen LogP contribution in [0.3, 0.4) is 0 Å². The largest absolute Gasteiger partial charge is 0.272 e. The molecule has 0 saturated carbocycles. The summed E-state index contributed by atoms with van der Waals surface area (Å²) in [6.45, 7) is 5.05. The second-order valence-electron chi connectivity index (χ2n) is 3.94. The Labute approximate surface area is 105 Å². The lowest BCUT2D eigenvalue weighted by molar-refractivity contribution is 0.598. The van der Waals surface area contributed by atoms with Crippen LogP contribution in [-0.2, 0) is 6.54 Å². The summed E-state index contributed by atoms with van der Waals surface area (Å²) in [6.07, 6.45) is 4.97. The lowest BCUT2D eigenvalue weighted by Crippen LogP contribution is -2.28. The van der Waals surface area contributed by atoms with Crippen molar-refractivity contribution in [3.63, 3.8) is 0 Å². The molecule has 0 saturated heterocycles. The van der Waals surface area contributed by atoms with E-state index in [2.05, 4.69) is 22.4 Å². The number of rotatable bonds is 5. The molecule has 6 heteroatoms. The van der Waals surface area contributed by atoms with Crippen LogP contribution in [0.1, 0.15) is 35.5 Å². The van der Waals surface area contributed by atoms with Gasteiger partial charge in [0.1, 0.15) is 0 Å². The Morgan fingerprint density at radius 3 is 3.00 bits per heavy atom. The molecule has 2 aromatic heterocycles. The number of hydrazine groups is 1. The van der Waals surface area contributed by atoms with Gasteiger partial charge in [-0.15, -0.1) is 11.3 Å². The fraction of sp³-hybridized carbons (Fsp3) is 0.455. The molecule has 0 aliphatic rings. The molecule has 2 aromatic rings. The first-order valence-corrected chi connectivity index (χ1v) is 6.52. The average molecular weight is 251 g/mol. The predicted octanol–water partition coefficient (Wildman–Crippen LogP) is 1.61. The van der Waals surface area contributed by atoms with E-state index in [0.29, 0.717) is 0 Å². The fourth-order valence-electron chi connectivity index (χ4n) is 1.79. The Bertz CT molecular complexity index is 476. The Kier molecular flexibility index (Phi) is 3.88. The van der Waals surface area contributed by atoms with Gasteiger partial charge in [0.05, 0.1) is 28.3 Å².